The molecule has 0 saturated heterocycles. The summed E-state index contributed by atoms with van der Waals surface area (Å²) in [6.07, 6.45) is 0. The second kappa shape index (κ2) is 8.74. The number of aryl methyl sites for hydroxylation is 2. The topological polar surface area (TPSA) is 112 Å². The molecule has 0 aliphatic heterocycles. The highest BCUT2D eigenvalue weighted by Gasteiger charge is 2.15. The molecule has 9 nitrogen and oxygen atoms in total. The van der Waals surface area contributed by atoms with E-state index >= 15 is 0 Å². The number of ether oxygens (including phenoxy) is 1. The summed E-state index contributed by atoms with van der Waals surface area (Å²) in [5.41, 5.74) is 1.93. The monoisotopic (exact) mass is 413 g/mol. The minimum atomic E-state index is -0.496. The number of nitro benzene ring substituents is 1. The van der Waals surface area contributed by atoms with E-state index in [0.717, 1.165) is 17.0 Å². The normalized spacial score (nSPS) is 10.6. The third-order valence-electron chi connectivity index (χ3n) is 4.16. The highest BCUT2D eigenvalue weighted by atomic mass is 32.2. The fraction of sp³-hybridized carbons (Fsp3) is 0.211. The van der Waals surface area contributed by atoms with Gasteiger partial charge in [0.25, 0.3) is 5.69 Å². The van der Waals surface area contributed by atoms with Gasteiger partial charge in [0.05, 0.1) is 23.5 Å². The fourth-order valence-corrected chi connectivity index (χ4v) is 3.44. The van der Waals surface area contributed by atoms with E-state index in [1.54, 1.807) is 20.1 Å². The summed E-state index contributed by atoms with van der Waals surface area (Å²) >= 11 is 1.23. The molecule has 1 N–H and O–H groups in total. The molecule has 0 radical (unpaired) electrons. The predicted molar refractivity (Wildman–Crippen MR) is 110 cm³/mol. The summed E-state index contributed by atoms with van der Waals surface area (Å²) in [5.74, 6) is 1.21. The van der Waals surface area contributed by atoms with Crippen molar-refractivity contribution in [3.8, 4) is 11.4 Å². The number of methoxy groups -OCH3 is 1. The third kappa shape index (κ3) is 4.72. The number of carbonyl (C=O) groups is 1. The van der Waals surface area contributed by atoms with Crippen LogP contribution in [0.1, 0.15) is 11.4 Å². The number of aromatic nitrogens is 3. The smallest absolute Gasteiger partial charge is 0.271 e. The summed E-state index contributed by atoms with van der Waals surface area (Å²) < 4.78 is 7.02. The average molecular weight is 413 g/mol. The van der Waals surface area contributed by atoms with Crippen LogP contribution >= 0.6 is 11.8 Å². The van der Waals surface area contributed by atoms with Gasteiger partial charge < -0.3 is 10.1 Å². The van der Waals surface area contributed by atoms with Gasteiger partial charge in [-0.25, -0.2) is 0 Å². The Labute approximate surface area is 171 Å². The molecule has 0 atom stereocenters. The molecular weight excluding hydrogens is 394 g/mol. The van der Waals surface area contributed by atoms with Crippen LogP contribution in [0.3, 0.4) is 0 Å². The number of rotatable bonds is 7. The second-order valence-electron chi connectivity index (χ2n) is 6.16. The minimum Gasteiger partial charge on any atom is -0.497 e. The van der Waals surface area contributed by atoms with Gasteiger partial charge in [0.15, 0.2) is 5.16 Å². The van der Waals surface area contributed by atoms with Crippen molar-refractivity contribution in [1.82, 2.24) is 14.8 Å². The number of anilines is 1. The molecule has 1 aromatic heterocycles. The minimum absolute atomic E-state index is 0.0755. The maximum Gasteiger partial charge on any atom is 0.271 e. The Morgan fingerprint density at radius 1 is 1.21 bits per heavy atom. The average Bonchev–Trinajstić information content (AvgIpc) is 3.08. The van der Waals surface area contributed by atoms with E-state index in [1.165, 1.54) is 23.9 Å². The van der Waals surface area contributed by atoms with Crippen molar-refractivity contribution in [2.45, 2.75) is 19.0 Å². The Morgan fingerprint density at radius 2 is 1.93 bits per heavy atom. The number of nitro groups is 1. The maximum atomic E-state index is 12.4. The molecule has 0 aliphatic rings. The molecular formula is C19H19N5O4S. The first kappa shape index (κ1) is 20.3. The predicted octanol–water partition coefficient (Wildman–Crippen LogP) is 3.53. The van der Waals surface area contributed by atoms with Crippen LogP contribution in [0.4, 0.5) is 11.4 Å². The van der Waals surface area contributed by atoms with Crippen LogP contribution in [0, 0.1) is 24.0 Å². The van der Waals surface area contributed by atoms with Crippen LogP contribution in [0.5, 0.6) is 5.75 Å². The number of nitrogens with one attached hydrogen (secondary N) is 1. The SMILES string of the molecule is COc1ccc(-n2c(C)nnc2SCC(=O)Nc2cc([N+](=O)[O-])ccc2C)cc1. The lowest BCUT2D eigenvalue weighted by Gasteiger charge is -2.10. The van der Waals surface area contributed by atoms with Crippen LogP contribution in [-0.4, -0.2) is 38.5 Å². The van der Waals surface area contributed by atoms with Gasteiger partial charge in [0.2, 0.25) is 5.91 Å². The lowest BCUT2D eigenvalue weighted by atomic mass is 10.2. The molecule has 29 heavy (non-hydrogen) atoms. The molecule has 0 aliphatic carbocycles. The molecule has 2 aromatic carbocycles. The van der Waals surface area contributed by atoms with Gasteiger partial charge in [-0.1, -0.05) is 17.8 Å². The maximum absolute atomic E-state index is 12.4. The summed E-state index contributed by atoms with van der Waals surface area (Å²) in [6, 6.07) is 11.8. The van der Waals surface area contributed by atoms with Crippen molar-refractivity contribution in [3.05, 3.63) is 64.0 Å². The highest BCUT2D eigenvalue weighted by molar-refractivity contribution is 7.99. The van der Waals surface area contributed by atoms with Crippen molar-refractivity contribution < 1.29 is 14.5 Å². The van der Waals surface area contributed by atoms with Crippen LogP contribution in [0.25, 0.3) is 5.69 Å². The summed E-state index contributed by atoms with van der Waals surface area (Å²) in [7, 11) is 1.60. The van der Waals surface area contributed by atoms with E-state index in [0.29, 0.717) is 16.7 Å². The van der Waals surface area contributed by atoms with Gasteiger partial charge >= 0.3 is 0 Å². The first-order chi connectivity index (χ1) is 13.9. The molecule has 3 rings (SSSR count). The molecule has 0 bridgehead atoms. The standard InChI is InChI=1S/C19H19N5O4S/c1-12-4-5-15(24(26)27)10-17(12)20-18(25)11-29-19-22-21-13(2)23(19)14-6-8-16(28-3)9-7-14/h4-10H,11H2,1-3H3,(H,20,25). The largest absolute Gasteiger partial charge is 0.497 e. The number of hydrogen-bond donors (Lipinski definition) is 1. The highest BCUT2D eigenvalue weighted by Crippen LogP contribution is 2.25. The summed E-state index contributed by atoms with van der Waals surface area (Å²) in [5, 5.41) is 22.5. The first-order valence-corrected chi connectivity index (χ1v) is 9.61. The Morgan fingerprint density at radius 3 is 2.59 bits per heavy atom. The van der Waals surface area contributed by atoms with Crippen molar-refractivity contribution in [3.63, 3.8) is 0 Å². The lowest BCUT2D eigenvalue weighted by Crippen LogP contribution is -2.15. The molecule has 0 fully saturated rings. The van der Waals surface area contributed by atoms with Crippen molar-refractivity contribution in [1.29, 1.82) is 0 Å². The Balaban J connectivity index is 1.71. The van der Waals surface area contributed by atoms with E-state index in [4.69, 9.17) is 4.74 Å². The van der Waals surface area contributed by atoms with Crippen molar-refractivity contribution in [2.75, 3.05) is 18.2 Å². The molecule has 10 heteroatoms. The van der Waals surface area contributed by atoms with Gasteiger partial charge in [0.1, 0.15) is 11.6 Å². The first-order valence-electron chi connectivity index (χ1n) is 8.63. The number of thioether (sulfide) groups is 1. The van der Waals surface area contributed by atoms with Crippen LogP contribution in [0.15, 0.2) is 47.6 Å². The number of non-ortho nitro benzene ring substituents is 1. The number of hydrogen-bond acceptors (Lipinski definition) is 7. The third-order valence-corrected chi connectivity index (χ3v) is 5.09. The Bertz CT molecular complexity index is 1050. The van der Waals surface area contributed by atoms with Gasteiger partial charge in [-0.3, -0.25) is 19.5 Å². The molecule has 0 saturated carbocycles. The van der Waals surface area contributed by atoms with E-state index < -0.39 is 4.92 Å². The van der Waals surface area contributed by atoms with E-state index in [-0.39, 0.29) is 17.3 Å². The lowest BCUT2D eigenvalue weighted by molar-refractivity contribution is -0.384. The zero-order valence-corrected chi connectivity index (χ0v) is 16.9. The van der Waals surface area contributed by atoms with Crippen molar-refractivity contribution in [2.24, 2.45) is 0 Å². The molecule has 0 unspecified atom stereocenters. The van der Waals surface area contributed by atoms with E-state index in [1.807, 2.05) is 35.8 Å². The van der Waals surface area contributed by atoms with E-state index in [2.05, 4.69) is 15.5 Å². The van der Waals surface area contributed by atoms with Gasteiger partial charge in [-0.15, -0.1) is 10.2 Å². The van der Waals surface area contributed by atoms with Crippen LogP contribution in [0.2, 0.25) is 0 Å². The van der Waals surface area contributed by atoms with Gasteiger partial charge in [-0.2, -0.15) is 0 Å². The number of nitrogens with zero attached hydrogens (tertiary/aromatic N) is 4. The zero-order valence-electron chi connectivity index (χ0n) is 16.1. The molecule has 150 valence electrons. The fourth-order valence-electron chi connectivity index (χ4n) is 2.64. The number of carbonyl (C=O) groups excluding carboxylic acids is 1. The van der Waals surface area contributed by atoms with Crippen LogP contribution < -0.4 is 10.1 Å². The van der Waals surface area contributed by atoms with E-state index in [9.17, 15) is 14.9 Å². The molecule has 0 spiro atoms. The second-order valence-corrected chi connectivity index (χ2v) is 7.10. The Hall–Kier alpha value is -3.40. The quantitative estimate of drug-likeness (QED) is 0.358. The molecule has 3 aromatic rings. The van der Waals surface area contributed by atoms with Crippen LogP contribution in [-0.2, 0) is 4.79 Å². The van der Waals surface area contributed by atoms with Crippen molar-refractivity contribution >= 4 is 29.0 Å². The molecule has 1 heterocycles. The number of benzene rings is 2. The zero-order chi connectivity index (χ0) is 21.0. The van der Waals surface area contributed by atoms with Gasteiger partial charge in [0, 0.05) is 17.8 Å². The van der Waals surface area contributed by atoms with Gasteiger partial charge in [-0.05, 0) is 43.7 Å². The summed E-state index contributed by atoms with van der Waals surface area (Å²) in [6.45, 7) is 3.60. The number of amides is 1. The Kier molecular flexibility index (Phi) is 6.13. The summed E-state index contributed by atoms with van der Waals surface area (Å²) in [4.78, 5) is 22.8. The molecule has 1 amide bonds.